The zero-order valence-corrected chi connectivity index (χ0v) is 18.1. The van der Waals surface area contributed by atoms with Gasteiger partial charge in [-0.1, -0.05) is 0 Å². The fourth-order valence-corrected chi connectivity index (χ4v) is 4.09. The highest BCUT2D eigenvalue weighted by molar-refractivity contribution is 5.99. The van der Waals surface area contributed by atoms with Crippen LogP contribution in [0.1, 0.15) is 13.8 Å². The molecule has 0 saturated carbocycles. The van der Waals surface area contributed by atoms with Crippen molar-refractivity contribution in [3.8, 4) is 33.8 Å². The van der Waals surface area contributed by atoms with Crippen LogP contribution in [0.25, 0.3) is 55.7 Å². The third-order valence-electron chi connectivity index (χ3n) is 5.54. The average molecular weight is 435 g/mol. The van der Waals surface area contributed by atoms with Crippen molar-refractivity contribution in [2.75, 3.05) is 5.32 Å². The van der Waals surface area contributed by atoms with E-state index >= 15 is 0 Å². The smallest absolute Gasteiger partial charge is 0.155 e. The number of pyridine rings is 3. The van der Waals surface area contributed by atoms with Crippen LogP contribution in [0.4, 0.5) is 5.69 Å². The van der Waals surface area contributed by atoms with Crippen molar-refractivity contribution in [3.63, 3.8) is 0 Å². The van der Waals surface area contributed by atoms with E-state index in [4.69, 9.17) is 4.42 Å². The SMILES string of the molecule is CC(C)Nc1cncc(-c2cnc3[nH]nc(-c4cc5c(-c6ccoc6)nccc5[nH]4)c3c2)c1. The quantitative estimate of drug-likeness (QED) is 0.323. The van der Waals surface area contributed by atoms with Crippen molar-refractivity contribution in [3.05, 3.63) is 67.6 Å². The van der Waals surface area contributed by atoms with Gasteiger partial charge in [-0.3, -0.25) is 15.1 Å². The van der Waals surface area contributed by atoms with Crippen LogP contribution in [0.2, 0.25) is 0 Å². The van der Waals surface area contributed by atoms with Crippen LogP contribution in [0.5, 0.6) is 0 Å². The summed E-state index contributed by atoms with van der Waals surface area (Å²) in [4.78, 5) is 17.0. The monoisotopic (exact) mass is 435 g/mol. The lowest BCUT2D eigenvalue weighted by atomic mass is 10.1. The lowest BCUT2D eigenvalue weighted by Crippen LogP contribution is -2.09. The summed E-state index contributed by atoms with van der Waals surface area (Å²) in [5, 5.41) is 12.9. The molecule has 8 heteroatoms. The van der Waals surface area contributed by atoms with Crippen LogP contribution in [0.15, 0.2) is 72.1 Å². The van der Waals surface area contributed by atoms with E-state index in [1.807, 2.05) is 30.7 Å². The Balaban J connectivity index is 1.45. The van der Waals surface area contributed by atoms with Gasteiger partial charge in [0.15, 0.2) is 5.65 Å². The van der Waals surface area contributed by atoms with Crippen molar-refractivity contribution in [2.45, 2.75) is 19.9 Å². The van der Waals surface area contributed by atoms with Gasteiger partial charge in [-0.15, -0.1) is 0 Å². The Morgan fingerprint density at radius 3 is 2.67 bits per heavy atom. The van der Waals surface area contributed by atoms with E-state index < -0.39 is 0 Å². The molecule has 0 saturated heterocycles. The molecule has 0 radical (unpaired) electrons. The summed E-state index contributed by atoms with van der Waals surface area (Å²) in [7, 11) is 0. The Morgan fingerprint density at radius 2 is 1.82 bits per heavy atom. The van der Waals surface area contributed by atoms with E-state index in [9.17, 15) is 0 Å². The summed E-state index contributed by atoms with van der Waals surface area (Å²) in [5.74, 6) is 0. The van der Waals surface area contributed by atoms with Gasteiger partial charge in [-0.05, 0) is 44.2 Å². The van der Waals surface area contributed by atoms with E-state index in [1.54, 1.807) is 18.7 Å². The molecule has 6 rings (SSSR count). The molecule has 162 valence electrons. The number of rotatable bonds is 5. The number of aromatic amines is 2. The molecule has 33 heavy (non-hydrogen) atoms. The predicted octanol–water partition coefficient (Wildman–Crippen LogP) is 5.64. The number of hydrogen-bond donors (Lipinski definition) is 3. The molecule has 0 amide bonds. The maximum absolute atomic E-state index is 5.25. The molecule has 3 N–H and O–H groups in total. The summed E-state index contributed by atoms with van der Waals surface area (Å²) in [6.45, 7) is 4.21. The van der Waals surface area contributed by atoms with Crippen LogP contribution in [-0.4, -0.2) is 36.2 Å². The molecule has 0 aliphatic carbocycles. The third-order valence-corrected chi connectivity index (χ3v) is 5.54. The topological polar surface area (TPSA) is 108 Å². The van der Waals surface area contributed by atoms with Gasteiger partial charge in [0.1, 0.15) is 5.69 Å². The summed E-state index contributed by atoms with van der Waals surface area (Å²) in [5.41, 5.74) is 8.14. The van der Waals surface area contributed by atoms with Gasteiger partial charge >= 0.3 is 0 Å². The number of H-pyrrole nitrogens is 2. The van der Waals surface area contributed by atoms with Gasteiger partial charge in [0.05, 0.1) is 29.6 Å². The molecule has 0 aromatic carbocycles. The van der Waals surface area contributed by atoms with Crippen molar-refractivity contribution < 1.29 is 4.42 Å². The molecular formula is C25H21N7O. The highest BCUT2D eigenvalue weighted by Gasteiger charge is 2.16. The number of nitrogens with one attached hydrogen (secondary N) is 3. The normalized spacial score (nSPS) is 11.6. The van der Waals surface area contributed by atoms with Crippen LogP contribution in [0.3, 0.4) is 0 Å². The van der Waals surface area contributed by atoms with Crippen LogP contribution < -0.4 is 5.32 Å². The van der Waals surface area contributed by atoms with Crippen molar-refractivity contribution >= 4 is 27.6 Å². The summed E-state index contributed by atoms with van der Waals surface area (Å²) >= 11 is 0. The largest absolute Gasteiger partial charge is 0.472 e. The molecule has 0 aliphatic rings. The fraction of sp³-hybridized carbons (Fsp3) is 0.120. The van der Waals surface area contributed by atoms with Crippen molar-refractivity contribution in [1.29, 1.82) is 0 Å². The second-order valence-electron chi connectivity index (χ2n) is 8.27. The van der Waals surface area contributed by atoms with E-state index in [0.717, 1.165) is 61.4 Å². The van der Waals surface area contributed by atoms with E-state index in [0.29, 0.717) is 6.04 Å². The molecule has 8 nitrogen and oxygen atoms in total. The summed E-state index contributed by atoms with van der Waals surface area (Å²) in [6.07, 6.45) is 10.7. The van der Waals surface area contributed by atoms with Crippen LogP contribution in [0, 0.1) is 0 Å². The zero-order chi connectivity index (χ0) is 22.4. The number of fused-ring (bicyclic) bond motifs is 2. The second-order valence-corrected chi connectivity index (χ2v) is 8.27. The lowest BCUT2D eigenvalue weighted by molar-refractivity contribution is 0.568. The molecule has 0 unspecified atom stereocenters. The highest BCUT2D eigenvalue weighted by Crippen LogP contribution is 2.34. The van der Waals surface area contributed by atoms with Crippen LogP contribution >= 0.6 is 0 Å². The highest BCUT2D eigenvalue weighted by atomic mass is 16.3. The zero-order valence-electron chi connectivity index (χ0n) is 18.1. The van der Waals surface area contributed by atoms with Gasteiger partial charge in [-0.2, -0.15) is 5.10 Å². The first-order chi connectivity index (χ1) is 16.2. The first kappa shape index (κ1) is 19.2. The van der Waals surface area contributed by atoms with Gasteiger partial charge in [0.2, 0.25) is 0 Å². The summed E-state index contributed by atoms with van der Waals surface area (Å²) in [6, 6.07) is 10.4. The Labute approximate surface area is 189 Å². The minimum absolute atomic E-state index is 0.326. The maximum atomic E-state index is 5.25. The van der Waals surface area contributed by atoms with Crippen molar-refractivity contribution in [1.82, 2.24) is 30.1 Å². The van der Waals surface area contributed by atoms with Gasteiger partial charge in [0.25, 0.3) is 0 Å². The van der Waals surface area contributed by atoms with E-state index in [2.05, 4.69) is 67.5 Å². The Bertz CT molecular complexity index is 1580. The molecule has 0 bridgehead atoms. The average Bonchev–Trinajstić information content (AvgIpc) is 3.57. The van der Waals surface area contributed by atoms with Gasteiger partial charge in [0, 0.05) is 63.8 Å². The molecule has 6 aromatic rings. The van der Waals surface area contributed by atoms with Gasteiger partial charge < -0.3 is 14.7 Å². The molecule has 0 fully saturated rings. The maximum Gasteiger partial charge on any atom is 0.155 e. The number of furan rings is 1. The molecule has 0 spiro atoms. The number of anilines is 1. The number of hydrogen-bond acceptors (Lipinski definition) is 6. The van der Waals surface area contributed by atoms with E-state index in [1.165, 1.54) is 0 Å². The van der Waals surface area contributed by atoms with Crippen molar-refractivity contribution in [2.24, 2.45) is 0 Å². The minimum atomic E-state index is 0.326. The van der Waals surface area contributed by atoms with E-state index in [-0.39, 0.29) is 0 Å². The molecule has 0 aliphatic heterocycles. The Morgan fingerprint density at radius 1 is 0.909 bits per heavy atom. The van der Waals surface area contributed by atoms with Gasteiger partial charge in [-0.25, -0.2) is 4.98 Å². The fourth-order valence-electron chi connectivity index (χ4n) is 4.09. The molecular weight excluding hydrogens is 414 g/mol. The molecule has 6 heterocycles. The Hall–Kier alpha value is -4.46. The first-order valence-corrected chi connectivity index (χ1v) is 10.7. The Kier molecular flexibility index (Phi) is 4.43. The summed E-state index contributed by atoms with van der Waals surface area (Å²) < 4.78 is 5.25. The molecule has 0 atom stereocenters. The lowest BCUT2D eigenvalue weighted by Gasteiger charge is -2.10. The minimum Gasteiger partial charge on any atom is -0.472 e. The standard InChI is InChI=1S/C25H21N7O/c1-14(2)29-18-7-16(10-26-12-18)17-8-20-24(31-32-25(20)28-11-17)22-9-19-21(30-22)3-5-27-23(19)15-4-6-33-13-15/h3-14,29-30H,1-2H3,(H,28,31,32). The first-order valence-electron chi connectivity index (χ1n) is 10.7. The van der Waals surface area contributed by atoms with Crippen LogP contribution in [-0.2, 0) is 0 Å². The number of nitrogens with zero attached hydrogens (tertiary/aromatic N) is 4. The second kappa shape index (κ2) is 7.59. The molecule has 6 aromatic heterocycles. The third kappa shape index (κ3) is 3.41. The number of aromatic nitrogens is 6. The predicted molar refractivity (Wildman–Crippen MR) is 129 cm³/mol.